The van der Waals surface area contributed by atoms with Crippen LogP contribution in [0.4, 0.5) is 5.82 Å². The van der Waals surface area contributed by atoms with Crippen molar-refractivity contribution in [2.75, 3.05) is 25.0 Å². The molecule has 0 saturated carbocycles. The minimum Gasteiger partial charge on any atom is -0.368 e. The Kier molecular flexibility index (Phi) is 10.6. The summed E-state index contributed by atoms with van der Waals surface area (Å²) in [5.41, 5.74) is 12.8. The Hall–Kier alpha value is -4.63. The third-order valence-electron chi connectivity index (χ3n) is 7.03. The van der Waals surface area contributed by atoms with Crippen LogP contribution in [0, 0.1) is 5.53 Å². The van der Waals surface area contributed by atoms with Gasteiger partial charge in [0.1, 0.15) is 5.82 Å². The minimum absolute atomic E-state index is 0.309. The zero-order valence-corrected chi connectivity index (χ0v) is 25.8. The highest BCUT2D eigenvalue weighted by Gasteiger charge is 2.11. The Bertz CT molecular complexity index is 1860. The molecule has 10 nitrogen and oxygen atoms in total. The number of anilines is 1. The molecule has 0 aliphatic heterocycles. The summed E-state index contributed by atoms with van der Waals surface area (Å²) in [6.45, 7) is 2.44. The van der Waals surface area contributed by atoms with E-state index in [0.29, 0.717) is 49.7 Å². The normalized spacial score (nSPS) is 12.3. The molecular formula is C32H32ClN10P. The van der Waals surface area contributed by atoms with Crippen molar-refractivity contribution in [3.8, 4) is 11.1 Å². The standard InChI is InChI=1S/C32H32ClN10P/c33-29-16-21(6-8-25(29)22-4-2-1-3-5-22)18-36-12-10-24(41-34)19-38-14-15-39-32-27-11-13-37-20-28(27)26-9-7-23(17-30(26)40-32)31(42-35)43-44/h1-9,11,13,16-17,19-20,35-36H,10,12,14-15,18,34,44H2,(H,39,40)/b38-19?,41-24-,42-35?,43-31-. The number of amidine groups is 1. The van der Waals surface area contributed by atoms with Crippen molar-refractivity contribution >= 4 is 66.2 Å². The summed E-state index contributed by atoms with van der Waals surface area (Å²) in [6.07, 6.45) is 5.93. The Labute approximate surface area is 262 Å². The molecule has 5 rings (SSSR count). The Morgan fingerprint density at radius 1 is 1.00 bits per heavy atom. The molecule has 0 aliphatic rings. The van der Waals surface area contributed by atoms with Crippen molar-refractivity contribution in [2.45, 2.75) is 13.0 Å². The molecular weight excluding hydrogens is 591 g/mol. The third kappa shape index (κ3) is 7.47. The highest BCUT2D eigenvalue weighted by atomic mass is 35.5. The molecule has 5 aromatic rings. The van der Waals surface area contributed by atoms with Crippen LogP contribution < -0.4 is 16.5 Å². The summed E-state index contributed by atoms with van der Waals surface area (Å²) in [5, 5.41) is 17.8. The average molecular weight is 623 g/mol. The van der Waals surface area contributed by atoms with E-state index < -0.39 is 0 Å². The van der Waals surface area contributed by atoms with Gasteiger partial charge in [0.25, 0.3) is 0 Å². The number of hydrogen-bond donors (Lipinski definition) is 4. The van der Waals surface area contributed by atoms with Crippen LogP contribution in [0.25, 0.3) is 32.8 Å². The number of rotatable bonds is 12. The molecule has 0 radical (unpaired) electrons. The van der Waals surface area contributed by atoms with Gasteiger partial charge in [0, 0.05) is 77.0 Å². The third-order valence-corrected chi connectivity index (χ3v) is 7.58. The maximum atomic E-state index is 7.38. The fraction of sp³-hybridized carbons (Fsp3) is 0.156. The first kappa shape index (κ1) is 30.8. The number of nitrogens with two attached hydrogens (primary N) is 1. The van der Waals surface area contributed by atoms with Gasteiger partial charge in [-0.25, -0.2) is 15.3 Å². The molecule has 1 atom stereocenters. The fourth-order valence-electron chi connectivity index (χ4n) is 4.83. The van der Waals surface area contributed by atoms with Gasteiger partial charge in [-0.1, -0.05) is 66.2 Å². The molecule has 0 fully saturated rings. The fourth-order valence-corrected chi connectivity index (χ4v) is 5.35. The molecule has 0 bridgehead atoms. The van der Waals surface area contributed by atoms with Gasteiger partial charge in [0.15, 0.2) is 5.84 Å². The maximum Gasteiger partial charge on any atom is 0.179 e. The average Bonchev–Trinajstić information content (AvgIpc) is 3.06. The molecule has 0 amide bonds. The topological polar surface area (TPSA) is 149 Å². The van der Waals surface area contributed by atoms with E-state index in [9.17, 15) is 0 Å². The van der Waals surface area contributed by atoms with E-state index in [-0.39, 0.29) is 0 Å². The first-order valence-corrected chi connectivity index (χ1v) is 14.9. The molecule has 1 unspecified atom stereocenters. The van der Waals surface area contributed by atoms with Gasteiger partial charge < -0.3 is 16.5 Å². The molecule has 0 spiro atoms. The van der Waals surface area contributed by atoms with Crippen LogP contribution in [0.5, 0.6) is 0 Å². The number of benzene rings is 3. The first-order chi connectivity index (χ1) is 21.6. The number of hydrazone groups is 1. The lowest BCUT2D eigenvalue weighted by atomic mass is 10.0. The lowest BCUT2D eigenvalue weighted by Gasteiger charge is -2.11. The highest BCUT2D eigenvalue weighted by Crippen LogP contribution is 2.30. The number of halogens is 1. The molecule has 0 saturated heterocycles. The molecule has 0 aliphatic carbocycles. The van der Waals surface area contributed by atoms with Crippen LogP contribution in [0.1, 0.15) is 17.5 Å². The van der Waals surface area contributed by atoms with E-state index in [4.69, 9.17) is 28.0 Å². The summed E-state index contributed by atoms with van der Waals surface area (Å²) in [6, 6.07) is 23.9. The number of pyridine rings is 2. The quantitative estimate of drug-likeness (QED) is 0.0180. The summed E-state index contributed by atoms with van der Waals surface area (Å²) in [7, 11) is 2.24. The van der Waals surface area contributed by atoms with Crippen molar-refractivity contribution in [1.29, 1.82) is 5.53 Å². The first-order valence-electron chi connectivity index (χ1n) is 14.0. The van der Waals surface area contributed by atoms with Gasteiger partial charge in [-0.05, 0) is 38.7 Å². The second kappa shape index (κ2) is 15.2. The Morgan fingerprint density at radius 2 is 1.86 bits per heavy atom. The zero-order chi connectivity index (χ0) is 30.7. The van der Waals surface area contributed by atoms with Crippen molar-refractivity contribution in [3.05, 3.63) is 101 Å². The van der Waals surface area contributed by atoms with Gasteiger partial charge in [-0.2, -0.15) is 5.10 Å². The summed E-state index contributed by atoms with van der Waals surface area (Å²) < 4.78 is 3.99. The van der Waals surface area contributed by atoms with Crippen LogP contribution in [0.3, 0.4) is 0 Å². The van der Waals surface area contributed by atoms with Crippen LogP contribution in [-0.4, -0.2) is 47.4 Å². The van der Waals surface area contributed by atoms with Gasteiger partial charge in [-0.15, -0.1) is 5.11 Å². The van der Waals surface area contributed by atoms with Crippen molar-refractivity contribution < 1.29 is 0 Å². The van der Waals surface area contributed by atoms with Gasteiger partial charge >= 0.3 is 0 Å². The van der Waals surface area contributed by atoms with Gasteiger partial charge in [-0.3, -0.25) is 9.98 Å². The monoisotopic (exact) mass is 622 g/mol. The predicted molar refractivity (Wildman–Crippen MR) is 185 cm³/mol. The molecule has 3 aromatic carbocycles. The van der Waals surface area contributed by atoms with Crippen molar-refractivity contribution in [1.82, 2.24) is 15.3 Å². The summed E-state index contributed by atoms with van der Waals surface area (Å²) in [4.78, 5) is 13.7. The molecule has 5 N–H and O–H groups in total. The van der Waals surface area contributed by atoms with Crippen LogP contribution in [0.2, 0.25) is 5.02 Å². The smallest absolute Gasteiger partial charge is 0.179 e. The summed E-state index contributed by atoms with van der Waals surface area (Å²) >= 11 is 6.55. The number of hydrogen-bond acceptors (Lipinski definition) is 9. The molecule has 2 heterocycles. The maximum absolute atomic E-state index is 7.38. The number of fused-ring (bicyclic) bond motifs is 3. The lowest BCUT2D eigenvalue weighted by molar-refractivity contribution is 0.706. The Balaban J connectivity index is 1.13. The highest BCUT2D eigenvalue weighted by molar-refractivity contribution is 7.15. The zero-order valence-electron chi connectivity index (χ0n) is 23.9. The molecule has 44 heavy (non-hydrogen) atoms. The molecule has 2 aromatic heterocycles. The van der Waals surface area contributed by atoms with Crippen LogP contribution in [-0.2, 0) is 6.54 Å². The van der Waals surface area contributed by atoms with E-state index in [0.717, 1.165) is 49.2 Å². The van der Waals surface area contributed by atoms with Crippen LogP contribution in [0.15, 0.2) is 105 Å². The molecule has 12 heteroatoms. The van der Waals surface area contributed by atoms with Gasteiger partial charge in [0.2, 0.25) is 0 Å². The lowest BCUT2D eigenvalue weighted by Crippen LogP contribution is -2.19. The Morgan fingerprint density at radius 3 is 2.64 bits per heavy atom. The summed E-state index contributed by atoms with van der Waals surface area (Å²) in [5.74, 6) is 6.66. The number of nitrogens with one attached hydrogen (secondary N) is 3. The van der Waals surface area contributed by atoms with Gasteiger partial charge in [0.05, 0.1) is 17.8 Å². The van der Waals surface area contributed by atoms with E-state index >= 15 is 0 Å². The SMILES string of the molecule is N=N/C(=N\P)c1ccc2c(c1)nc(NCCN=C/C(CCNCc1ccc(-c3ccccc3)c(Cl)c1)=N\N)c1ccncc12. The largest absolute Gasteiger partial charge is 0.368 e. The second-order valence-electron chi connectivity index (χ2n) is 9.87. The molecule has 222 valence electrons. The van der Waals surface area contributed by atoms with E-state index in [1.54, 1.807) is 12.4 Å². The van der Waals surface area contributed by atoms with Crippen LogP contribution >= 0.6 is 21.0 Å². The van der Waals surface area contributed by atoms with E-state index in [1.807, 2.05) is 54.7 Å². The van der Waals surface area contributed by atoms with Crippen molar-refractivity contribution in [2.24, 2.45) is 25.8 Å². The number of aliphatic imine (C=N–C) groups is 1. The predicted octanol–water partition coefficient (Wildman–Crippen LogP) is 6.65. The van der Waals surface area contributed by atoms with Crippen molar-refractivity contribution in [3.63, 3.8) is 0 Å². The number of aromatic nitrogens is 2. The van der Waals surface area contributed by atoms with E-state index in [2.05, 4.69) is 69.2 Å². The second-order valence-corrected chi connectivity index (χ2v) is 10.5. The van der Waals surface area contributed by atoms with E-state index in [1.165, 1.54) is 0 Å². The number of nitrogens with zero attached hydrogens (tertiary/aromatic N) is 6. The minimum atomic E-state index is 0.309.